The number of fused-ring (bicyclic) bond motifs is 3. The summed E-state index contributed by atoms with van der Waals surface area (Å²) in [4.78, 5) is 37.1. The third kappa shape index (κ3) is 3.31. The summed E-state index contributed by atoms with van der Waals surface area (Å²) < 4.78 is 14.8. The zero-order valence-electron chi connectivity index (χ0n) is 17.0. The van der Waals surface area contributed by atoms with Crippen LogP contribution in [0.5, 0.6) is 0 Å². The summed E-state index contributed by atoms with van der Waals surface area (Å²) in [5.74, 6) is -0.634. The van der Waals surface area contributed by atoms with Crippen molar-refractivity contribution in [3.05, 3.63) is 48.2 Å². The number of aromatic nitrogens is 5. The van der Waals surface area contributed by atoms with E-state index < -0.39 is 12.1 Å². The first-order valence-corrected chi connectivity index (χ1v) is 10.0. The van der Waals surface area contributed by atoms with Gasteiger partial charge in [-0.2, -0.15) is 5.10 Å². The highest BCUT2D eigenvalue weighted by molar-refractivity contribution is 5.98. The number of Topliss-reactive ketones (excluding diaryl/α,β-unsaturated/α-hetero) is 1. The van der Waals surface area contributed by atoms with Gasteiger partial charge in [0.25, 0.3) is 0 Å². The van der Waals surface area contributed by atoms with Gasteiger partial charge in [-0.15, -0.1) is 0 Å². The SMILES string of the molecule is CCC(=O)c1cc(C)c(-c2cc3cnc(NC(=O)C4CC4F)cc3n3ncnc23)cn1. The summed E-state index contributed by atoms with van der Waals surface area (Å²) in [5.41, 5.74) is 4.31. The molecule has 0 saturated heterocycles. The Morgan fingerprint density at radius 2 is 1.97 bits per heavy atom. The number of halogens is 1. The average Bonchev–Trinajstić information content (AvgIpc) is 3.30. The average molecular weight is 418 g/mol. The Hall–Kier alpha value is -3.75. The molecule has 1 aliphatic rings. The Balaban J connectivity index is 1.59. The maximum Gasteiger partial charge on any atom is 0.231 e. The Kier molecular flexibility index (Phi) is 4.46. The van der Waals surface area contributed by atoms with Crippen LogP contribution >= 0.6 is 0 Å². The van der Waals surface area contributed by atoms with Crippen molar-refractivity contribution >= 4 is 34.1 Å². The highest BCUT2D eigenvalue weighted by Crippen LogP contribution is 2.35. The van der Waals surface area contributed by atoms with Gasteiger partial charge in [0.1, 0.15) is 24.0 Å². The second-order valence-electron chi connectivity index (χ2n) is 7.69. The molecule has 4 aromatic rings. The van der Waals surface area contributed by atoms with Gasteiger partial charge >= 0.3 is 0 Å². The van der Waals surface area contributed by atoms with E-state index in [1.165, 1.54) is 6.33 Å². The minimum atomic E-state index is -1.07. The van der Waals surface area contributed by atoms with Crippen LogP contribution in [-0.4, -0.2) is 42.4 Å². The molecule has 0 aliphatic heterocycles. The number of alkyl halides is 1. The van der Waals surface area contributed by atoms with E-state index in [1.54, 1.807) is 36.0 Å². The van der Waals surface area contributed by atoms with Crippen LogP contribution in [0.3, 0.4) is 0 Å². The van der Waals surface area contributed by atoms with Crippen molar-refractivity contribution in [2.24, 2.45) is 5.92 Å². The van der Waals surface area contributed by atoms with Gasteiger partial charge in [-0.25, -0.2) is 18.9 Å². The van der Waals surface area contributed by atoms with Crippen LogP contribution in [0.4, 0.5) is 10.2 Å². The number of pyridine rings is 3. The Labute approximate surface area is 176 Å². The molecule has 156 valence electrons. The molecule has 2 unspecified atom stereocenters. The minimum absolute atomic E-state index is 0.00941. The number of nitrogens with one attached hydrogen (secondary N) is 1. The number of anilines is 1. The summed E-state index contributed by atoms with van der Waals surface area (Å²) in [6.07, 6.45) is 4.35. The lowest BCUT2D eigenvalue weighted by molar-refractivity contribution is -0.117. The molecule has 0 bridgehead atoms. The van der Waals surface area contributed by atoms with Crippen LogP contribution in [0.1, 0.15) is 35.8 Å². The topological polar surface area (TPSA) is 102 Å². The van der Waals surface area contributed by atoms with Gasteiger partial charge in [-0.1, -0.05) is 6.92 Å². The molecule has 1 amide bonds. The molecule has 0 aromatic carbocycles. The van der Waals surface area contributed by atoms with Gasteiger partial charge < -0.3 is 5.32 Å². The van der Waals surface area contributed by atoms with Gasteiger partial charge in [0.05, 0.1) is 11.4 Å². The predicted octanol–water partition coefficient (Wildman–Crippen LogP) is 3.54. The molecule has 4 aromatic heterocycles. The van der Waals surface area contributed by atoms with E-state index in [-0.39, 0.29) is 18.1 Å². The lowest BCUT2D eigenvalue weighted by Gasteiger charge is -2.11. The smallest absolute Gasteiger partial charge is 0.231 e. The molecule has 5 rings (SSSR count). The summed E-state index contributed by atoms with van der Waals surface area (Å²) in [6.45, 7) is 3.73. The van der Waals surface area contributed by atoms with Crippen molar-refractivity contribution in [3.63, 3.8) is 0 Å². The molecule has 1 fully saturated rings. The van der Waals surface area contributed by atoms with Crippen LogP contribution in [-0.2, 0) is 4.79 Å². The molecule has 31 heavy (non-hydrogen) atoms. The first-order valence-electron chi connectivity index (χ1n) is 10.0. The third-order valence-corrected chi connectivity index (χ3v) is 5.54. The molecule has 1 N–H and O–H groups in total. The number of hydrogen-bond acceptors (Lipinski definition) is 6. The number of carbonyl (C=O) groups excluding carboxylic acids is 2. The lowest BCUT2D eigenvalue weighted by atomic mass is 10.0. The van der Waals surface area contributed by atoms with E-state index >= 15 is 0 Å². The Bertz CT molecular complexity index is 1370. The first kappa shape index (κ1) is 19.2. The summed E-state index contributed by atoms with van der Waals surface area (Å²) in [6, 6.07) is 5.41. The number of hydrogen-bond donors (Lipinski definition) is 1. The molecule has 4 heterocycles. The van der Waals surface area contributed by atoms with E-state index in [9.17, 15) is 14.0 Å². The molecule has 1 aliphatic carbocycles. The molecule has 9 heteroatoms. The summed E-state index contributed by atoms with van der Waals surface area (Å²) >= 11 is 0. The van der Waals surface area contributed by atoms with Crippen LogP contribution in [0.25, 0.3) is 27.7 Å². The maximum atomic E-state index is 13.1. The normalized spacial score (nSPS) is 17.8. The number of aryl methyl sites for hydroxylation is 1. The summed E-state index contributed by atoms with van der Waals surface area (Å²) in [5, 5.41) is 7.79. The zero-order valence-corrected chi connectivity index (χ0v) is 17.0. The van der Waals surface area contributed by atoms with Crippen molar-refractivity contribution in [2.75, 3.05) is 5.32 Å². The third-order valence-electron chi connectivity index (χ3n) is 5.54. The van der Waals surface area contributed by atoms with E-state index in [2.05, 4.69) is 25.4 Å². The predicted molar refractivity (Wildman–Crippen MR) is 113 cm³/mol. The number of carbonyl (C=O) groups is 2. The van der Waals surface area contributed by atoms with Crippen molar-refractivity contribution in [1.29, 1.82) is 0 Å². The molecule has 8 nitrogen and oxygen atoms in total. The number of nitrogens with zero attached hydrogens (tertiary/aromatic N) is 5. The van der Waals surface area contributed by atoms with E-state index in [1.807, 2.05) is 13.0 Å². The number of rotatable bonds is 5. The van der Waals surface area contributed by atoms with Crippen molar-refractivity contribution in [2.45, 2.75) is 32.9 Å². The fourth-order valence-corrected chi connectivity index (χ4v) is 3.66. The van der Waals surface area contributed by atoms with Gasteiger partial charge in [0, 0.05) is 41.4 Å². The fraction of sp³-hybridized carbons (Fsp3) is 0.273. The van der Waals surface area contributed by atoms with Gasteiger partial charge in [0.2, 0.25) is 5.91 Å². The largest absolute Gasteiger partial charge is 0.310 e. The minimum Gasteiger partial charge on any atom is -0.310 e. The standard InChI is InChI=1S/C22H19FN6O2/c1-3-19(30)17-4-11(2)15(9-24-17)13-5-12-8-25-20(28-22(31)14-6-16(14)23)7-18(12)29-21(13)26-10-27-29/h4-5,7-10,14,16H,3,6H2,1-2H3,(H,25,28,31). The molecular weight excluding hydrogens is 399 g/mol. The van der Waals surface area contributed by atoms with E-state index in [0.717, 1.165) is 22.1 Å². The van der Waals surface area contributed by atoms with E-state index in [4.69, 9.17) is 0 Å². The number of amides is 1. The van der Waals surface area contributed by atoms with Gasteiger partial charge in [-0.3, -0.25) is 14.6 Å². The van der Waals surface area contributed by atoms with Crippen molar-refractivity contribution in [1.82, 2.24) is 24.6 Å². The van der Waals surface area contributed by atoms with Crippen LogP contribution in [0.2, 0.25) is 0 Å². The lowest BCUT2D eigenvalue weighted by Crippen LogP contribution is -2.16. The van der Waals surface area contributed by atoms with Gasteiger partial charge in [-0.05, 0) is 31.0 Å². The van der Waals surface area contributed by atoms with Crippen molar-refractivity contribution < 1.29 is 14.0 Å². The first-order chi connectivity index (χ1) is 15.0. The quantitative estimate of drug-likeness (QED) is 0.498. The zero-order chi connectivity index (χ0) is 21.7. The highest BCUT2D eigenvalue weighted by Gasteiger charge is 2.43. The second-order valence-corrected chi connectivity index (χ2v) is 7.69. The molecule has 0 spiro atoms. The second kappa shape index (κ2) is 7.19. The van der Waals surface area contributed by atoms with Gasteiger partial charge in [0.15, 0.2) is 11.4 Å². The Morgan fingerprint density at radius 3 is 2.68 bits per heavy atom. The van der Waals surface area contributed by atoms with Crippen LogP contribution in [0.15, 0.2) is 36.9 Å². The number of ketones is 1. The van der Waals surface area contributed by atoms with Crippen LogP contribution in [0, 0.1) is 12.8 Å². The monoisotopic (exact) mass is 418 g/mol. The molecule has 1 saturated carbocycles. The highest BCUT2D eigenvalue weighted by atomic mass is 19.1. The van der Waals surface area contributed by atoms with Crippen LogP contribution < -0.4 is 5.32 Å². The Morgan fingerprint density at radius 1 is 1.16 bits per heavy atom. The fourth-order valence-electron chi connectivity index (χ4n) is 3.66. The molecular formula is C22H19FN6O2. The van der Waals surface area contributed by atoms with E-state index in [0.29, 0.717) is 29.1 Å². The van der Waals surface area contributed by atoms with Crippen molar-refractivity contribution in [3.8, 4) is 11.1 Å². The molecule has 2 atom stereocenters. The summed E-state index contributed by atoms with van der Waals surface area (Å²) in [7, 11) is 0. The molecule has 0 radical (unpaired) electrons. The maximum absolute atomic E-state index is 13.1.